The van der Waals surface area contributed by atoms with Crippen molar-refractivity contribution in [3.63, 3.8) is 0 Å². The Morgan fingerprint density at radius 2 is 2.25 bits per heavy atom. The van der Waals surface area contributed by atoms with E-state index in [1.165, 1.54) is 0 Å². The molecule has 1 amide bonds. The van der Waals surface area contributed by atoms with Gasteiger partial charge in [-0.1, -0.05) is 6.08 Å². The molecule has 0 radical (unpaired) electrons. The van der Waals surface area contributed by atoms with Crippen molar-refractivity contribution in [1.29, 1.82) is 0 Å². The minimum atomic E-state index is -4.80. The summed E-state index contributed by atoms with van der Waals surface area (Å²) < 4.78 is 36.3. The van der Waals surface area contributed by atoms with Crippen LogP contribution in [0.4, 0.5) is 13.2 Å². The van der Waals surface area contributed by atoms with E-state index in [0.717, 1.165) is 5.70 Å². The molecule has 0 saturated carbocycles. The highest BCUT2D eigenvalue weighted by Gasteiger charge is 2.42. The second-order valence-electron chi connectivity index (χ2n) is 3.93. The van der Waals surface area contributed by atoms with Crippen molar-refractivity contribution in [2.75, 3.05) is 6.54 Å². The van der Waals surface area contributed by atoms with E-state index < -0.39 is 18.1 Å². The van der Waals surface area contributed by atoms with Gasteiger partial charge in [0.15, 0.2) is 0 Å². The Balaban J connectivity index is 2.01. The van der Waals surface area contributed by atoms with Gasteiger partial charge in [0.25, 0.3) is 0 Å². The van der Waals surface area contributed by atoms with Crippen LogP contribution in [-0.4, -0.2) is 24.7 Å². The molecule has 0 aromatic rings. The van der Waals surface area contributed by atoms with Crippen molar-refractivity contribution >= 4 is 5.91 Å². The second kappa shape index (κ2) is 3.97. The minimum Gasteiger partial charge on any atom is -0.345 e. The van der Waals surface area contributed by atoms with E-state index in [1.807, 2.05) is 11.4 Å². The summed E-state index contributed by atoms with van der Waals surface area (Å²) in [7, 11) is 0. The number of halogens is 3. The highest BCUT2D eigenvalue weighted by Crippen LogP contribution is 2.26. The van der Waals surface area contributed by atoms with Crippen LogP contribution < -0.4 is 16.2 Å². The van der Waals surface area contributed by atoms with Gasteiger partial charge in [-0.2, -0.15) is 13.2 Å². The Morgan fingerprint density at radius 3 is 2.94 bits per heavy atom. The first-order chi connectivity index (χ1) is 7.48. The first-order valence-corrected chi connectivity index (χ1v) is 5.05. The molecule has 4 nitrogen and oxygen atoms in total. The van der Waals surface area contributed by atoms with Gasteiger partial charge in [-0.3, -0.25) is 4.79 Å². The Morgan fingerprint density at radius 1 is 1.50 bits per heavy atom. The summed E-state index contributed by atoms with van der Waals surface area (Å²) in [5.41, 5.74) is 6.61. The third-order valence-corrected chi connectivity index (χ3v) is 2.86. The first-order valence-electron chi connectivity index (χ1n) is 5.05. The fraction of sp³-hybridized carbons (Fsp3) is 0.667. The summed E-state index contributed by atoms with van der Waals surface area (Å²) in [6.45, 7) is 0.536. The van der Waals surface area contributed by atoms with Gasteiger partial charge in [0.1, 0.15) is 0 Å². The third kappa shape index (κ3) is 2.13. The standard InChI is InChI=1S/C9H12F3N3O/c10-9(11,12)8(16)14-6-2-1-3-7-5(6)4-13-15-7/h3,5-6,13,15H,1-2,4H2,(H,14,16). The van der Waals surface area contributed by atoms with E-state index in [4.69, 9.17) is 0 Å². The van der Waals surface area contributed by atoms with Crippen LogP contribution in [0.2, 0.25) is 0 Å². The van der Waals surface area contributed by atoms with Crippen LogP contribution in [0.25, 0.3) is 0 Å². The molecule has 2 unspecified atom stereocenters. The lowest BCUT2D eigenvalue weighted by Gasteiger charge is -2.28. The second-order valence-corrected chi connectivity index (χ2v) is 3.93. The van der Waals surface area contributed by atoms with E-state index in [2.05, 4.69) is 10.9 Å². The molecule has 90 valence electrons. The van der Waals surface area contributed by atoms with Crippen molar-refractivity contribution in [2.24, 2.45) is 5.92 Å². The number of allylic oxidation sites excluding steroid dienone is 1. The summed E-state index contributed by atoms with van der Waals surface area (Å²) in [6, 6.07) is -0.448. The Kier molecular flexibility index (Phi) is 2.79. The maximum absolute atomic E-state index is 12.1. The van der Waals surface area contributed by atoms with Gasteiger partial charge in [-0.25, -0.2) is 5.43 Å². The predicted octanol–water partition coefficient (Wildman–Crippen LogP) is 0.435. The summed E-state index contributed by atoms with van der Waals surface area (Å²) in [5, 5.41) is 2.05. The van der Waals surface area contributed by atoms with Gasteiger partial charge in [0.05, 0.1) is 0 Å². The summed E-state index contributed by atoms with van der Waals surface area (Å²) >= 11 is 0. The van der Waals surface area contributed by atoms with Gasteiger partial charge in [0, 0.05) is 24.2 Å². The zero-order chi connectivity index (χ0) is 11.8. The van der Waals surface area contributed by atoms with Gasteiger partial charge < -0.3 is 10.7 Å². The molecule has 0 spiro atoms. The monoisotopic (exact) mass is 235 g/mol. The number of hydrogen-bond donors (Lipinski definition) is 3. The lowest BCUT2D eigenvalue weighted by Crippen LogP contribution is -2.48. The number of alkyl halides is 3. The fourth-order valence-electron chi connectivity index (χ4n) is 2.07. The molecule has 1 aliphatic carbocycles. The molecule has 1 aliphatic heterocycles. The number of rotatable bonds is 1. The quantitative estimate of drug-likeness (QED) is 0.618. The maximum atomic E-state index is 12.1. The number of hydrazine groups is 1. The molecule has 1 fully saturated rings. The molecule has 0 aromatic carbocycles. The number of amides is 1. The number of carbonyl (C=O) groups excluding carboxylic acids is 1. The molecule has 2 rings (SSSR count). The molecule has 16 heavy (non-hydrogen) atoms. The Labute approximate surface area is 90.2 Å². The fourth-order valence-corrected chi connectivity index (χ4v) is 2.07. The van der Waals surface area contributed by atoms with Crippen molar-refractivity contribution in [1.82, 2.24) is 16.2 Å². The van der Waals surface area contributed by atoms with Crippen LogP contribution in [0.3, 0.4) is 0 Å². The van der Waals surface area contributed by atoms with E-state index in [9.17, 15) is 18.0 Å². The highest BCUT2D eigenvalue weighted by molar-refractivity contribution is 5.82. The first kappa shape index (κ1) is 11.3. The van der Waals surface area contributed by atoms with Gasteiger partial charge in [0.2, 0.25) is 0 Å². The third-order valence-electron chi connectivity index (χ3n) is 2.86. The van der Waals surface area contributed by atoms with Crippen LogP contribution in [0.5, 0.6) is 0 Å². The summed E-state index contributed by atoms with van der Waals surface area (Å²) in [6.07, 6.45) is -1.65. The SMILES string of the molecule is O=C(NC1CCC=C2NNCC21)C(F)(F)F. The molecule has 3 N–H and O–H groups in total. The number of hydrogen-bond acceptors (Lipinski definition) is 3. The van der Waals surface area contributed by atoms with Gasteiger partial charge >= 0.3 is 12.1 Å². The molecule has 1 saturated heterocycles. The maximum Gasteiger partial charge on any atom is 0.471 e. The van der Waals surface area contributed by atoms with Crippen LogP contribution in [0.15, 0.2) is 11.8 Å². The van der Waals surface area contributed by atoms with Crippen molar-refractivity contribution in [2.45, 2.75) is 25.1 Å². The molecule has 2 aliphatic rings. The zero-order valence-corrected chi connectivity index (χ0v) is 8.40. The summed E-state index contributed by atoms with van der Waals surface area (Å²) in [4.78, 5) is 10.8. The van der Waals surface area contributed by atoms with Crippen molar-refractivity contribution in [3.05, 3.63) is 11.8 Å². The predicted molar refractivity (Wildman–Crippen MR) is 49.9 cm³/mol. The van der Waals surface area contributed by atoms with E-state index in [-0.39, 0.29) is 5.92 Å². The smallest absolute Gasteiger partial charge is 0.345 e. The lowest BCUT2D eigenvalue weighted by atomic mass is 9.88. The number of carbonyl (C=O) groups is 1. The van der Waals surface area contributed by atoms with Crippen molar-refractivity contribution < 1.29 is 18.0 Å². The highest BCUT2D eigenvalue weighted by atomic mass is 19.4. The van der Waals surface area contributed by atoms with Crippen LogP contribution in [0, 0.1) is 5.92 Å². The largest absolute Gasteiger partial charge is 0.471 e. The Bertz CT molecular complexity index is 326. The van der Waals surface area contributed by atoms with E-state index in [1.54, 1.807) is 0 Å². The lowest BCUT2D eigenvalue weighted by molar-refractivity contribution is -0.174. The molecular weight excluding hydrogens is 223 g/mol. The van der Waals surface area contributed by atoms with Crippen LogP contribution >= 0.6 is 0 Å². The topological polar surface area (TPSA) is 53.2 Å². The average molecular weight is 235 g/mol. The average Bonchev–Trinajstić information content (AvgIpc) is 2.65. The van der Waals surface area contributed by atoms with Crippen LogP contribution in [0.1, 0.15) is 12.8 Å². The molecule has 2 atom stereocenters. The van der Waals surface area contributed by atoms with Crippen molar-refractivity contribution in [3.8, 4) is 0 Å². The van der Waals surface area contributed by atoms with Gasteiger partial charge in [-0.15, -0.1) is 0 Å². The van der Waals surface area contributed by atoms with Crippen LogP contribution in [-0.2, 0) is 4.79 Å². The zero-order valence-electron chi connectivity index (χ0n) is 8.40. The molecule has 7 heteroatoms. The van der Waals surface area contributed by atoms with E-state index >= 15 is 0 Å². The van der Waals surface area contributed by atoms with Gasteiger partial charge in [-0.05, 0) is 12.8 Å². The minimum absolute atomic E-state index is 0.0833. The molecular formula is C9H12F3N3O. The molecule has 0 aromatic heterocycles. The Hall–Kier alpha value is -1.24. The number of fused-ring (bicyclic) bond motifs is 1. The summed E-state index contributed by atoms with van der Waals surface area (Å²) in [5.74, 6) is -1.94. The van der Waals surface area contributed by atoms with E-state index in [0.29, 0.717) is 19.4 Å². The normalized spacial score (nSPS) is 29.1. The number of nitrogens with one attached hydrogen (secondary N) is 3. The molecule has 1 heterocycles. The molecule has 0 bridgehead atoms.